The molecule has 3 aromatic carbocycles. The second-order valence-electron chi connectivity index (χ2n) is 33.8. The smallest absolute Gasteiger partial charge is 0.226 e. The van der Waals surface area contributed by atoms with Crippen molar-refractivity contribution in [2.75, 3.05) is 72.9 Å². The van der Waals surface area contributed by atoms with Crippen molar-refractivity contribution in [1.29, 1.82) is 0 Å². The van der Waals surface area contributed by atoms with E-state index in [0.717, 1.165) is 178 Å². The zero-order valence-corrected chi connectivity index (χ0v) is 67.9. The van der Waals surface area contributed by atoms with E-state index in [1.807, 2.05) is 147 Å². The van der Waals surface area contributed by atoms with Crippen molar-refractivity contribution in [2.24, 2.45) is 35.5 Å². The number of aromatic nitrogens is 5. The van der Waals surface area contributed by atoms with E-state index < -0.39 is 0 Å². The third-order valence-electron chi connectivity index (χ3n) is 26.5. The Bertz CT molecular complexity index is 4550. The van der Waals surface area contributed by atoms with Crippen LogP contribution in [0.25, 0.3) is 33.4 Å². The molecule has 8 aromatic rings. The van der Waals surface area contributed by atoms with Crippen LogP contribution in [0.4, 0.5) is 24.7 Å². The number of anilines is 2. The van der Waals surface area contributed by atoms with Crippen LogP contribution in [-0.2, 0) is 30.4 Å². The van der Waals surface area contributed by atoms with Gasteiger partial charge in [-0.2, -0.15) is 0 Å². The van der Waals surface area contributed by atoms with Crippen LogP contribution in [0, 0.1) is 53.0 Å². The van der Waals surface area contributed by atoms with Crippen molar-refractivity contribution in [3.63, 3.8) is 0 Å². The van der Waals surface area contributed by atoms with Crippen LogP contribution in [0.15, 0.2) is 134 Å². The molecule has 9 heterocycles. The van der Waals surface area contributed by atoms with Gasteiger partial charge in [0.2, 0.25) is 11.8 Å². The van der Waals surface area contributed by atoms with Gasteiger partial charge in [0.15, 0.2) is 0 Å². The lowest BCUT2D eigenvalue weighted by atomic mass is 9.76. The number of amides is 2. The van der Waals surface area contributed by atoms with Crippen LogP contribution >= 0.6 is 0 Å². The summed E-state index contributed by atoms with van der Waals surface area (Å²) in [4.78, 5) is 94.3. The van der Waals surface area contributed by atoms with Gasteiger partial charge in [-0.05, 0) is 282 Å². The van der Waals surface area contributed by atoms with Crippen molar-refractivity contribution < 1.29 is 44.0 Å². The molecule has 15 rings (SSSR count). The maximum atomic E-state index is 14.2. The molecular weight excluding hydrogens is 1430 g/mol. The molecule has 3 saturated heterocycles. The van der Waals surface area contributed by atoms with E-state index in [9.17, 15) is 37.1 Å². The molecule has 0 spiro atoms. The predicted molar refractivity (Wildman–Crippen MR) is 444 cm³/mol. The van der Waals surface area contributed by atoms with Crippen molar-refractivity contribution in [1.82, 2.24) is 53.9 Å². The number of ketones is 3. The molecule has 0 bridgehead atoms. The molecule has 0 unspecified atom stereocenters. The summed E-state index contributed by atoms with van der Waals surface area (Å²) < 4.78 is 45.2. The van der Waals surface area contributed by atoms with Crippen molar-refractivity contribution in [3.05, 3.63) is 174 Å². The molecule has 6 fully saturated rings. The number of carbonyl (C=O) groups is 5. The number of nitrogens with zero attached hydrogens (tertiary/aromatic N) is 11. The van der Waals surface area contributed by atoms with E-state index in [-0.39, 0.29) is 102 Å². The molecule has 113 heavy (non-hydrogen) atoms. The van der Waals surface area contributed by atoms with Gasteiger partial charge in [-0.25, -0.2) is 28.1 Å². The number of carbonyl (C=O) groups excluding carboxylic acids is 5. The topological polar surface area (TPSA) is 197 Å². The Hall–Kier alpha value is -8.47. The number of halogens is 3. The van der Waals surface area contributed by atoms with Crippen LogP contribution < -0.4 is 10.2 Å². The van der Waals surface area contributed by atoms with E-state index in [4.69, 9.17) is 0 Å². The fourth-order valence-corrected chi connectivity index (χ4v) is 19.4. The van der Waals surface area contributed by atoms with Crippen molar-refractivity contribution in [2.45, 2.75) is 218 Å². The average molecular weight is 1550 g/mol. The summed E-state index contributed by atoms with van der Waals surface area (Å²) in [6, 6.07) is 30.7. The summed E-state index contributed by atoms with van der Waals surface area (Å²) in [7, 11) is 9.56. The SMILES string of the molecule is CN[C@@H](C)C(=O)C[C@H](CN1CCC[C@H]1c1ccnc(-n2ccc3cc(F)ccc32)c1)C1CCCCC1.C[C@@H](C(=O)C[C@H](C(=O)N1CCC[C@H]1c1ccnc(-n2ccc3cc(F)ccc32)c1)C1CCCCC1)N(C)C.C[C@@H](C(=O)C[C@H](C(=O)N1CCC[C@H]1c1ccnc(N2CCc3cc(F)ccc32)c1)C1CCCCC1)N(C)C.O.[HH]. The zero-order valence-electron chi connectivity index (χ0n) is 67.9. The lowest BCUT2D eigenvalue weighted by Gasteiger charge is -2.35. The number of fused-ring (bicyclic) bond motifs is 3. The van der Waals surface area contributed by atoms with Crippen molar-refractivity contribution in [3.8, 4) is 11.6 Å². The minimum atomic E-state index is -0.261. The molecule has 3 saturated carbocycles. The first-order valence-corrected chi connectivity index (χ1v) is 42.1. The zero-order chi connectivity index (χ0) is 78.7. The minimum absolute atomic E-state index is 0. The van der Waals surface area contributed by atoms with Gasteiger partial charge in [0.25, 0.3) is 0 Å². The van der Waals surface area contributed by atoms with E-state index >= 15 is 0 Å². The molecule has 5 aromatic heterocycles. The minimum Gasteiger partial charge on any atom is -0.412 e. The van der Waals surface area contributed by atoms with Crippen LogP contribution in [0.1, 0.15) is 217 Å². The summed E-state index contributed by atoms with van der Waals surface area (Å²) in [5, 5.41) is 4.84. The largest absolute Gasteiger partial charge is 0.412 e. The van der Waals surface area contributed by atoms with Gasteiger partial charge < -0.3 is 34.6 Å². The van der Waals surface area contributed by atoms with Gasteiger partial charge in [-0.15, -0.1) is 0 Å². The van der Waals surface area contributed by atoms with E-state index in [0.29, 0.717) is 49.5 Å². The number of likely N-dealkylation sites (tertiary alicyclic amines) is 3. The summed E-state index contributed by atoms with van der Waals surface area (Å²) in [6.07, 6.45) is 35.1. The number of benzene rings is 3. The molecule has 21 heteroatoms. The van der Waals surface area contributed by atoms with E-state index in [1.165, 1.54) is 81.2 Å². The first-order valence-electron chi connectivity index (χ1n) is 42.1. The third kappa shape index (κ3) is 19.9. The van der Waals surface area contributed by atoms with Crippen molar-refractivity contribution >= 4 is 62.5 Å². The highest BCUT2D eigenvalue weighted by molar-refractivity contribution is 5.91. The normalized spacial score (nSPS) is 20.8. The molecular formula is C92H123F3N12O6. The van der Waals surface area contributed by atoms with Gasteiger partial charge in [0.05, 0.1) is 41.2 Å². The third-order valence-corrected chi connectivity index (χ3v) is 26.5. The molecule has 0 radical (unpaired) electrons. The summed E-state index contributed by atoms with van der Waals surface area (Å²) in [5.74, 6) is 3.82. The number of hydrogen-bond acceptors (Lipinski definition) is 13. The first kappa shape index (κ1) is 83.9. The van der Waals surface area contributed by atoms with Crippen LogP contribution in [-0.4, -0.2) is 169 Å². The summed E-state index contributed by atoms with van der Waals surface area (Å²) in [5.41, 5.74) is 7.27. The fourth-order valence-electron chi connectivity index (χ4n) is 19.4. The first-order chi connectivity index (χ1) is 54.2. The molecule has 9 atom stereocenters. The lowest BCUT2D eigenvalue weighted by molar-refractivity contribution is -0.142. The Morgan fingerprint density at radius 3 is 1.37 bits per heavy atom. The van der Waals surface area contributed by atoms with E-state index in [2.05, 4.69) is 53.2 Å². The molecule has 3 aliphatic carbocycles. The Morgan fingerprint density at radius 1 is 0.469 bits per heavy atom. The standard InChI is InChI=1S/C31H41FN4O2.C31H39FN4O2.C30H39FN4O.H2O.H2/c2*1-21(34(2)3)29(37)20-26(22-8-5-4-6-9-22)31(38)36-16-7-10-27(36)23-13-15-33-30(19-23)35-17-14-24-18-25(32)11-12-28(24)35;1-21(32-2)29(36)18-25(22-7-4-3-5-8-22)20-34-15-6-9-27(34)23-12-14-33-30(19-23)35-16-13-24-17-26(31)10-11-28(24)35;;/h11-13,15,18-19,21-22,26-27H,4-10,14,16-17,20H2,1-3H3;11-15,17-19,21-22,26-27H,4-10,16,20H2,1-3H3;10-14,16-17,19,21-22,25,27,32H,3-9,15,18,20H2,1-2H3;1H2;1H/t2*21-,26-,27-;21-,25+,27-;;/m000../s1. The van der Waals surface area contributed by atoms with Crippen LogP contribution in [0.3, 0.4) is 0 Å². The number of likely N-dealkylation sites (N-methyl/N-ethyl adjacent to an activating group) is 3. The summed E-state index contributed by atoms with van der Waals surface area (Å²) >= 11 is 0. The number of nitrogens with one attached hydrogen (secondary N) is 1. The molecule has 2 amide bonds. The van der Waals surface area contributed by atoms with Gasteiger partial charge >= 0.3 is 0 Å². The lowest BCUT2D eigenvalue weighted by Crippen LogP contribution is -2.42. The highest BCUT2D eigenvalue weighted by Gasteiger charge is 2.43. The van der Waals surface area contributed by atoms with Gasteiger partial charge in [-0.1, -0.05) is 70.6 Å². The average Bonchev–Trinajstić information content (AvgIpc) is 1.60. The quantitative estimate of drug-likeness (QED) is 0.0568. The molecule has 7 aliphatic rings. The Morgan fingerprint density at radius 2 is 0.894 bits per heavy atom. The highest BCUT2D eigenvalue weighted by atomic mass is 19.1. The van der Waals surface area contributed by atoms with Gasteiger partial charge in [0.1, 0.15) is 52.3 Å². The molecule has 4 aliphatic heterocycles. The summed E-state index contributed by atoms with van der Waals surface area (Å²) in [6.45, 7) is 10.1. The molecule has 608 valence electrons. The Balaban J connectivity index is 0.000000167. The maximum absolute atomic E-state index is 14.2. The molecule has 18 nitrogen and oxygen atoms in total. The predicted octanol–water partition coefficient (Wildman–Crippen LogP) is 17.1. The van der Waals surface area contributed by atoms with Gasteiger partial charge in [0, 0.05) is 112 Å². The maximum Gasteiger partial charge on any atom is 0.226 e. The fraction of sp³-hybridized carbons (Fsp3) is 0.543. The second kappa shape index (κ2) is 38.8. The number of Topliss-reactive ketones (excluding diaryl/α,β-unsaturated/α-hetero) is 3. The monoisotopic (exact) mass is 1550 g/mol. The number of pyridine rings is 3. The Kier molecular flexibility index (Phi) is 28.8. The number of rotatable bonds is 25. The molecule has 3 N–H and O–H groups in total. The van der Waals surface area contributed by atoms with Gasteiger partial charge in [-0.3, -0.25) is 38.7 Å². The number of hydrogen-bond donors (Lipinski definition) is 1. The van der Waals surface area contributed by atoms with Crippen LogP contribution in [0.5, 0.6) is 0 Å². The Labute approximate surface area is 668 Å². The highest BCUT2D eigenvalue weighted by Crippen LogP contribution is 2.44. The second-order valence-corrected chi connectivity index (χ2v) is 33.8. The van der Waals surface area contributed by atoms with E-state index in [1.54, 1.807) is 24.4 Å². The van der Waals surface area contributed by atoms with Crippen LogP contribution in [0.2, 0.25) is 0 Å².